The van der Waals surface area contributed by atoms with Crippen LogP contribution in [0.15, 0.2) is 6.20 Å². The SMILES string of the molecule is CCc1cnc(CNC(=O)C(CS)NC(C)=O)s1. The van der Waals surface area contributed by atoms with Crippen LogP contribution in [0.1, 0.15) is 23.7 Å². The molecule has 0 saturated heterocycles. The Bertz CT molecular complexity index is 420. The van der Waals surface area contributed by atoms with E-state index in [9.17, 15) is 9.59 Å². The summed E-state index contributed by atoms with van der Waals surface area (Å²) in [7, 11) is 0. The summed E-state index contributed by atoms with van der Waals surface area (Å²) in [6, 6.07) is -0.601. The van der Waals surface area contributed by atoms with Gasteiger partial charge < -0.3 is 10.6 Å². The Hall–Kier alpha value is -1.08. The molecular formula is C11H17N3O2S2. The van der Waals surface area contributed by atoms with Crippen LogP contribution in [0.25, 0.3) is 0 Å². The van der Waals surface area contributed by atoms with Gasteiger partial charge in [0, 0.05) is 23.8 Å². The third-order valence-corrected chi connectivity index (χ3v) is 3.75. The summed E-state index contributed by atoms with van der Waals surface area (Å²) in [4.78, 5) is 28.0. The molecule has 2 amide bonds. The zero-order valence-corrected chi connectivity index (χ0v) is 12.1. The van der Waals surface area contributed by atoms with E-state index < -0.39 is 6.04 Å². The number of aromatic nitrogens is 1. The molecule has 2 N–H and O–H groups in total. The first-order valence-corrected chi connectivity index (χ1v) is 7.11. The molecule has 5 nitrogen and oxygen atoms in total. The summed E-state index contributed by atoms with van der Waals surface area (Å²) in [5.74, 6) is -0.219. The number of hydrogen-bond acceptors (Lipinski definition) is 5. The van der Waals surface area contributed by atoms with Crippen molar-refractivity contribution in [1.29, 1.82) is 0 Å². The van der Waals surface area contributed by atoms with Crippen molar-refractivity contribution in [3.8, 4) is 0 Å². The lowest BCUT2D eigenvalue weighted by Crippen LogP contribution is -2.47. The standard InChI is InChI=1S/C11H17N3O2S2/c1-3-8-4-12-10(18-8)5-13-11(16)9(6-17)14-7(2)15/h4,9,17H,3,5-6H2,1-2H3,(H,13,16)(H,14,15). The van der Waals surface area contributed by atoms with Gasteiger partial charge in [0.2, 0.25) is 11.8 Å². The van der Waals surface area contributed by atoms with Gasteiger partial charge in [-0.2, -0.15) is 12.6 Å². The Balaban J connectivity index is 2.46. The summed E-state index contributed by atoms with van der Waals surface area (Å²) in [5, 5.41) is 6.14. The first kappa shape index (κ1) is 15.0. The largest absolute Gasteiger partial charge is 0.348 e. The number of thiazole rings is 1. The monoisotopic (exact) mass is 287 g/mol. The summed E-state index contributed by atoms with van der Waals surface area (Å²) in [6.07, 6.45) is 2.76. The number of nitrogens with zero attached hydrogens (tertiary/aromatic N) is 1. The molecule has 1 unspecified atom stereocenters. The third kappa shape index (κ3) is 4.66. The molecule has 7 heteroatoms. The Labute approximate surface area is 116 Å². The normalized spacial score (nSPS) is 11.9. The Morgan fingerprint density at radius 3 is 2.78 bits per heavy atom. The summed E-state index contributed by atoms with van der Waals surface area (Å²) in [6.45, 7) is 3.81. The highest BCUT2D eigenvalue weighted by molar-refractivity contribution is 7.80. The zero-order chi connectivity index (χ0) is 13.5. The van der Waals surface area contributed by atoms with Crippen molar-refractivity contribution in [1.82, 2.24) is 15.6 Å². The van der Waals surface area contributed by atoms with Crippen molar-refractivity contribution in [3.63, 3.8) is 0 Å². The fourth-order valence-electron chi connectivity index (χ4n) is 1.32. The Morgan fingerprint density at radius 2 is 2.28 bits per heavy atom. The maximum atomic E-state index is 11.8. The smallest absolute Gasteiger partial charge is 0.243 e. The molecule has 100 valence electrons. The predicted octanol–water partition coefficient (Wildman–Crippen LogP) is 0.756. The molecule has 1 rings (SSSR count). The van der Waals surface area contributed by atoms with Gasteiger partial charge in [-0.15, -0.1) is 11.3 Å². The molecule has 0 aliphatic heterocycles. The minimum atomic E-state index is -0.601. The Kier molecular flexibility index (Phi) is 6.14. The number of hydrogen-bond donors (Lipinski definition) is 3. The third-order valence-electron chi connectivity index (χ3n) is 2.24. The molecule has 0 aromatic carbocycles. The predicted molar refractivity (Wildman–Crippen MR) is 74.8 cm³/mol. The second-order valence-electron chi connectivity index (χ2n) is 3.73. The molecule has 0 fully saturated rings. The van der Waals surface area contributed by atoms with Crippen LogP contribution in [0, 0.1) is 0 Å². The zero-order valence-electron chi connectivity index (χ0n) is 10.4. The van der Waals surface area contributed by atoms with E-state index in [4.69, 9.17) is 0 Å². The van der Waals surface area contributed by atoms with Crippen molar-refractivity contribution in [2.75, 3.05) is 5.75 Å². The fraction of sp³-hybridized carbons (Fsp3) is 0.545. The van der Waals surface area contributed by atoms with Gasteiger partial charge >= 0.3 is 0 Å². The minimum absolute atomic E-state index is 0.242. The molecule has 18 heavy (non-hydrogen) atoms. The summed E-state index contributed by atoms with van der Waals surface area (Å²) in [5.41, 5.74) is 0. The van der Waals surface area contributed by atoms with Gasteiger partial charge in [-0.05, 0) is 6.42 Å². The number of carbonyl (C=O) groups is 2. The Morgan fingerprint density at radius 1 is 1.56 bits per heavy atom. The van der Waals surface area contributed by atoms with E-state index in [1.54, 1.807) is 11.3 Å². The molecule has 0 radical (unpaired) electrons. The molecule has 1 aromatic rings. The molecule has 0 bridgehead atoms. The highest BCUT2D eigenvalue weighted by Gasteiger charge is 2.17. The number of nitrogens with one attached hydrogen (secondary N) is 2. The molecule has 1 aromatic heterocycles. The average Bonchev–Trinajstić information content (AvgIpc) is 2.80. The molecule has 0 aliphatic carbocycles. The van der Waals surface area contributed by atoms with Crippen LogP contribution in [0.3, 0.4) is 0 Å². The fourth-order valence-corrected chi connectivity index (χ4v) is 2.38. The van der Waals surface area contributed by atoms with Gasteiger partial charge in [0.1, 0.15) is 11.0 Å². The molecule has 0 saturated carbocycles. The molecule has 1 heterocycles. The number of carbonyl (C=O) groups excluding carboxylic acids is 2. The van der Waals surface area contributed by atoms with Gasteiger partial charge in [0.25, 0.3) is 0 Å². The lowest BCUT2D eigenvalue weighted by molar-refractivity contribution is -0.127. The second kappa shape index (κ2) is 7.38. The molecule has 0 spiro atoms. The highest BCUT2D eigenvalue weighted by atomic mass is 32.1. The average molecular weight is 287 g/mol. The minimum Gasteiger partial charge on any atom is -0.348 e. The highest BCUT2D eigenvalue weighted by Crippen LogP contribution is 2.12. The molecule has 1 atom stereocenters. The second-order valence-corrected chi connectivity index (χ2v) is 5.29. The van der Waals surface area contributed by atoms with Crippen molar-refractivity contribution in [2.24, 2.45) is 0 Å². The maximum absolute atomic E-state index is 11.8. The van der Waals surface area contributed by atoms with Crippen LogP contribution >= 0.6 is 24.0 Å². The number of amides is 2. The summed E-state index contributed by atoms with van der Waals surface area (Å²) < 4.78 is 0. The maximum Gasteiger partial charge on any atom is 0.243 e. The first-order chi connectivity index (χ1) is 8.56. The van der Waals surface area contributed by atoms with E-state index in [2.05, 4.69) is 35.2 Å². The van der Waals surface area contributed by atoms with Gasteiger partial charge in [-0.3, -0.25) is 9.59 Å². The van der Waals surface area contributed by atoms with Crippen molar-refractivity contribution >= 4 is 35.8 Å². The van der Waals surface area contributed by atoms with Crippen LogP contribution in [0.5, 0.6) is 0 Å². The first-order valence-electron chi connectivity index (χ1n) is 5.66. The van der Waals surface area contributed by atoms with Crippen LogP contribution in [-0.2, 0) is 22.6 Å². The van der Waals surface area contributed by atoms with E-state index in [0.717, 1.165) is 11.4 Å². The number of aryl methyl sites for hydroxylation is 1. The van der Waals surface area contributed by atoms with Gasteiger partial charge in [-0.25, -0.2) is 4.98 Å². The lowest BCUT2D eigenvalue weighted by Gasteiger charge is -2.14. The molecule has 0 aliphatic rings. The van der Waals surface area contributed by atoms with Gasteiger partial charge in [0.15, 0.2) is 0 Å². The van der Waals surface area contributed by atoms with Crippen molar-refractivity contribution in [2.45, 2.75) is 32.9 Å². The number of thiol groups is 1. The number of rotatable bonds is 6. The van der Waals surface area contributed by atoms with E-state index in [0.29, 0.717) is 6.54 Å². The van der Waals surface area contributed by atoms with E-state index in [1.165, 1.54) is 11.8 Å². The molecular weight excluding hydrogens is 270 g/mol. The quantitative estimate of drug-likeness (QED) is 0.676. The van der Waals surface area contributed by atoms with Crippen LogP contribution in [0.2, 0.25) is 0 Å². The summed E-state index contributed by atoms with van der Waals surface area (Å²) >= 11 is 5.62. The lowest BCUT2D eigenvalue weighted by atomic mass is 10.3. The van der Waals surface area contributed by atoms with E-state index in [1.807, 2.05) is 6.20 Å². The van der Waals surface area contributed by atoms with Crippen LogP contribution in [0.4, 0.5) is 0 Å². The topological polar surface area (TPSA) is 71.1 Å². The van der Waals surface area contributed by atoms with E-state index >= 15 is 0 Å². The van der Waals surface area contributed by atoms with E-state index in [-0.39, 0.29) is 17.6 Å². The van der Waals surface area contributed by atoms with Crippen LogP contribution in [-0.4, -0.2) is 28.6 Å². The van der Waals surface area contributed by atoms with Crippen molar-refractivity contribution in [3.05, 3.63) is 16.1 Å². The van der Waals surface area contributed by atoms with Gasteiger partial charge in [0.05, 0.1) is 6.54 Å². The van der Waals surface area contributed by atoms with Crippen LogP contribution < -0.4 is 10.6 Å². The van der Waals surface area contributed by atoms with Gasteiger partial charge in [-0.1, -0.05) is 6.92 Å². The van der Waals surface area contributed by atoms with Crippen molar-refractivity contribution < 1.29 is 9.59 Å².